The van der Waals surface area contributed by atoms with Crippen molar-refractivity contribution in [2.75, 3.05) is 6.61 Å². The first-order valence-electron chi connectivity index (χ1n) is 9.00. The average molecular weight is 430 g/mol. The summed E-state index contributed by atoms with van der Waals surface area (Å²) in [5.41, 5.74) is 0.387. The number of nitrogens with zero attached hydrogens (tertiary/aromatic N) is 1. The van der Waals surface area contributed by atoms with Crippen LogP contribution in [0, 0.1) is 5.82 Å². The normalized spacial score (nSPS) is 11.5. The highest BCUT2D eigenvalue weighted by Crippen LogP contribution is 2.24. The Hall–Kier alpha value is -3.45. The molecule has 0 unspecified atom stereocenters. The molecule has 2 aromatic carbocycles. The Kier molecular flexibility index (Phi) is 6.32. The number of rotatable bonds is 6. The molecule has 154 valence electrons. The maximum atomic E-state index is 13.2. The van der Waals surface area contributed by atoms with Gasteiger partial charge in [-0.25, -0.2) is 9.18 Å². The van der Waals surface area contributed by atoms with Crippen LogP contribution in [0.1, 0.15) is 18.1 Å². The lowest BCUT2D eigenvalue weighted by Crippen LogP contribution is -2.18. The van der Waals surface area contributed by atoms with Crippen molar-refractivity contribution in [1.29, 1.82) is 0 Å². The van der Waals surface area contributed by atoms with Gasteiger partial charge < -0.3 is 14.4 Å². The molecule has 30 heavy (non-hydrogen) atoms. The van der Waals surface area contributed by atoms with E-state index in [2.05, 4.69) is 4.74 Å². The summed E-state index contributed by atoms with van der Waals surface area (Å²) < 4.78 is 19.4. The minimum atomic E-state index is -1.14. The number of pyridine rings is 1. The summed E-state index contributed by atoms with van der Waals surface area (Å²) in [4.78, 5) is 36.3. The van der Waals surface area contributed by atoms with Crippen molar-refractivity contribution in [3.05, 3.63) is 86.9 Å². The maximum Gasteiger partial charge on any atom is 0.379 e. The summed E-state index contributed by atoms with van der Waals surface area (Å²) in [6.07, 6.45) is 1.98. The Morgan fingerprint density at radius 2 is 1.90 bits per heavy atom. The second kappa shape index (κ2) is 8.92. The van der Waals surface area contributed by atoms with Gasteiger partial charge in [0, 0.05) is 24.2 Å². The fourth-order valence-corrected chi connectivity index (χ4v) is 3.25. The molecule has 1 N–H and O–H groups in total. The number of carbonyl (C=O) groups excluding carboxylic acids is 2. The summed E-state index contributed by atoms with van der Waals surface area (Å²) in [6, 6.07) is 10.5. The first-order valence-corrected chi connectivity index (χ1v) is 9.37. The van der Waals surface area contributed by atoms with Crippen molar-refractivity contribution in [2.45, 2.75) is 13.5 Å². The van der Waals surface area contributed by atoms with E-state index < -0.39 is 22.9 Å². The Labute approximate surface area is 175 Å². The van der Waals surface area contributed by atoms with Gasteiger partial charge in [-0.3, -0.25) is 9.59 Å². The monoisotopic (exact) mass is 429 g/mol. The summed E-state index contributed by atoms with van der Waals surface area (Å²) in [6.45, 7) is 1.75. The molecule has 3 rings (SSSR count). The number of aliphatic hydroxyl groups excluding tert-OH is 1. The van der Waals surface area contributed by atoms with Crippen LogP contribution in [0.15, 0.2) is 59.5 Å². The number of aromatic nitrogens is 1. The summed E-state index contributed by atoms with van der Waals surface area (Å²) in [5.74, 6) is -3.29. The summed E-state index contributed by atoms with van der Waals surface area (Å²) >= 11 is 6.31. The standard InChI is InChI=1S/C22H17ClFNO5/c1-2-30-22(29)19(27)10-18(26)16-12-25(11-13-6-8-14(24)9-7-13)20-15(21(16)28)4-3-5-17(20)23/h3-10,12,26H,2,11H2,1H3. The zero-order chi connectivity index (χ0) is 21.8. The molecule has 0 atom stereocenters. The van der Waals surface area contributed by atoms with Crippen LogP contribution in [0.25, 0.3) is 16.7 Å². The number of ketones is 1. The number of para-hydroxylation sites is 1. The highest BCUT2D eigenvalue weighted by molar-refractivity contribution is 6.39. The van der Waals surface area contributed by atoms with Gasteiger partial charge in [-0.15, -0.1) is 0 Å². The Morgan fingerprint density at radius 3 is 2.57 bits per heavy atom. The molecule has 0 spiro atoms. The van der Waals surface area contributed by atoms with Crippen LogP contribution in [0.2, 0.25) is 5.02 Å². The number of benzene rings is 2. The smallest absolute Gasteiger partial charge is 0.379 e. The van der Waals surface area contributed by atoms with Gasteiger partial charge in [0.05, 0.1) is 22.7 Å². The van der Waals surface area contributed by atoms with E-state index in [0.29, 0.717) is 16.6 Å². The number of aliphatic hydroxyl groups is 1. The predicted molar refractivity (Wildman–Crippen MR) is 111 cm³/mol. The molecule has 6 nitrogen and oxygen atoms in total. The number of hydrogen-bond acceptors (Lipinski definition) is 5. The van der Waals surface area contributed by atoms with E-state index >= 15 is 0 Å². The van der Waals surface area contributed by atoms with Gasteiger partial charge in [0.1, 0.15) is 11.6 Å². The van der Waals surface area contributed by atoms with Gasteiger partial charge >= 0.3 is 5.97 Å². The number of esters is 1. The van der Waals surface area contributed by atoms with Crippen molar-refractivity contribution in [1.82, 2.24) is 4.57 Å². The predicted octanol–water partition coefficient (Wildman–Crippen LogP) is 3.87. The van der Waals surface area contributed by atoms with Crippen molar-refractivity contribution in [2.24, 2.45) is 0 Å². The molecular weight excluding hydrogens is 413 g/mol. The molecule has 0 aliphatic heterocycles. The van der Waals surface area contributed by atoms with Gasteiger partial charge in [0.2, 0.25) is 0 Å². The fourth-order valence-electron chi connectivity index (χ4n) is 2.97. The van der Waals surface area contributed by atoms with Gasteiger partial charge in [0.15, 0.2) is 5.43 Å². The van der Waals surface area contributed by atoms with Crippen molar-refractivity contribution in [3.8, 4) is 0 Å². The van der Waals surface area contributed by atoms with Crippen LogP contribution in [0.5, 0.6) is 0 Å². The quantitative estimate of drug-likeness (QED) is 0.278. The maximum absolute atomic E-state index is 13.2. The molecule has 0 saturated heterocycles. The first kappa shape index (κ1) is 21.3. The zero-order valence-corrected chi connectivity index (χ0v) is 16.6. The molecule has 0 saturated carbocycles. The molecule has 0 amide bonds. The van der Waals surface area contributed by atoms with Gasteiger partial charge in [0.25, 0.3) is 5.78 Å². The lowest BCUT2D eigenvalue weighted by Gasteiger charge is -2.15. The van der Waals surface area contributed by atoms with Crippen LogP contribution in [-0.2, 0) is 20.9 Å². The largest absolute Gasteiger partial charge is 0.507 e. The fraction of sp³-hybridized carbons (Fsp3) is 0.136. The van der Waals surface area contributed by atoms with Crippen LogP contribution < -0.4 is 5.43 Å². The van der Waals surface area contributed by atoms with Crippen LogP contribution in [-0.4, -0.2) is 28.0 Å². The molecule has 1 aromatic heterocycles. The van der Waals surface area contributed by atoms with Crippen molar-refractivity contribution >= 4 is 40.0 Å². The Bertz CT molecular complexity index is 1210. The highest BCUT2D eigenvalue weighted by atomic mass is 35.5. The Balaban J connectivity index is 2.15. The summed E-state index contributed by atoms with van der Waals surface area (Å²) in [5, 5.41) is 10.9. The van der Waals surface area contributed by atoms with E-state index in [0.717, 1.165) is 5.56 Å². The number of ether oxygens (including phenoxy) is 1. The third-order valence-corrected chi connectivity index (χ3v) is 4.64. The number of carbonyl (C=O) groups is 2. The number of halogens is 2. The van der Waals surface area contributed by atoms with Crippen molar-refractivity contribution < 1.29 is 23.8 Å². The molecule has 0 aliphatic rings. The van der Waals surface area contributed by atoms with Crippen LogP contribution in [0.3, 0.4) is 0 Å². The minimum absolute atomic E-state index is 0.00186. The lowest BCUT2D eigenvalue weighted by atomic mass is 10.1. The summed E-state index contributed by atoms with van der Waals surface area (Å²) in [7, 11) is 0. The molecular formula is C22H17ClFNO5. The average Bonchev–Trinajstić information content (AvgIpc) is 2.71. The number of fused-ring (bicyclic) bond motifs is 1. The topological polar surface area (TPSA) is 85.6 Å². The lowest BCUT2D eigenvalue weighted by molar-refractivity contribution is -0.151. The first-order chi connectivity index (χ1) is 14.3. The van der Waals surface area contributed by atoms with Crippen LogP contribution in [0.4, 0.5) is 4.39 Å². The van der Waals surface area contributed by atoms with Crippen molar-refractivity contribution in [3.63, 3.8) is 0 Å². The second-order valence-corrected chi connectivity index (χ2v) is 6.78. The number of hydrogen-bond donors (Lipinski definition) is 1. The zero-order valence-electron chi connectivity index (χ0n) is 15.9. The molecule has 8 heteroatoms. The van der Waals surface area contributed by atoms with Gasteiger partial charge in [-0.2, -0.15) is 0 Å². The van der Waals surface area contributed by atoms with Gasteiger partial charge in [-0.05, 0) is 36.8 Å². The van der Waals surface area contributed by atoms with Gasteiger partial charge in [-0.1, -0.05) is 29.8 Å². The molecule has 0 fully saturated rings. The Morgan fingerprint density at radius 1 is 1.20 bits per heavy atom. The molecule has 1 heterocycles. The van der Waals surface area contributed by atoms with E-state index in [-0.39, 0.29) is 29.9 Å². The van der Waals surface area contributed by atoms with E-state index in [9.17, 15) is 23.9 Å². The third kappa shape index (κ3) is 4.41. The minimum Gasteiger partial charge on any atom is -0.507 e. The van der Waals surface area contributed by atoms with E-state index in [1.54, 1.807) is 28.8 Å². The second-order valence-electron chi connectivity index (χ2n) is 6.38. The molecule has 3 aromatic rings. The molecule has 0 aliphatic carbocycles. The van der Waals surface area contributed by atoms with E-state index in [4.69, 9.17) is 11.6 Å². The SMILES string of the molecule is CCOC(=O)C(=O)C=C(O)c1cn(Cc2ccc(F)cc2)c2c(Cl)cccc2c1=O. The van der Waals surface area contributed by atoms with E-state index in [1.807, 2.05) is 0 Å². The van der Waals surface area contributed by atoms with E-state index in [1.165, 1.54) is 31.3 Å². The highest BCUT2D eigenvalue weighted by Gasteiger charge is 2.18. The molecule has 0 bridgehead atoms. The third-order valence-electron chi connectivity index (χ3n) is 4.33. The molecule has 0 radical (unpaired) electrons. The van der Waals surface area contributed by atoms with Crippen LogP contribution >= 0.6 is 11.6 Å².